The minimum Gasteiger partial charge on any atom is -0.360 e. The lowest BCUT2D eigenvalue weighted by Gasteiger charge is -2.38. The van der Waals surface area contributed by atoms with Crippen molar-refractivity contribution in [3.05, 3.63) is 79.4 Å². The molecular weight excluding hydrogens is 418 g/mol. The standard InChI is InChI=1S/C17H13Cl2IO/c18-14-8-6-13(7-9-14)17(12-4-2-1-3-5-12)16(20)15(19)10-11-21-17/h1-9H,10-11H2. The topological polar surface area (TPSA) is 9.23 Å². The normalized spacial score (nSPS) is 22.4. The van der Waals surface area contributed by atoms with Gasteiger partial charge in [0, 0.05) is 20.1 Å². The van der Waals surface area contributed by atoms with Gasteiger partial charge in [-0.2, -0.15) is 0 Å². The molecular formula is C17H13Cl2IO. The minimum absolute atomic E-state index is 0.600. The third-order valence-corrected chi connectivity index (χ3v) is 5.98. The van der Waals surface area contributed by atoms with E-state index in [1.54, 1.807) is 0 Å². The second-order valence-electron chi connectivity index (χ2n) is 4.87. The van der Waals surface area contributed by atoms with Crippen molar-refractivity contribution in [1.82, 2.24) is 0 Å². The minimum atomic E-state index is -0.637. The molecule has 0 aromatic heterocycles. The fraction of sp³-hybridized carbons (Fsp3) is 0.176. The summed E-state index contributed by atoms with van der Waals surface area (Å²) >= 11 is 14.8. The van der Waals surface area contributed by atoms with E-state index >= 15 is 0 Å². The highest BCUT2D eigenvalue weighted by atomic mass is 127. The zero-order valence-electron chi connectivity index (χ0n) is 11.2. The van der Waals surface area contributed by atoms with Gasteiger partial charge in [0.25, 0.3) is 0 Å². The van der Waals surface area contributed by atoms with Crippen LogP contribution in [-0.2, 0) is 10.3 Å². The predicted molar refractivity (Wildman–Crippen MR) is 96.1 cm³/mol. The van der Waals surface area contributed by atoms with Crippen LogP contribution in [-0.4, -0.2) is 6.61 Å². The van der Waals surface area contributed by atoms with Crippen LogP contribution in [0, 0.1) is 0 Å². The van der Waals surface area contributed by atoms with E-state index in [2.05, 4.69) is 34.7 Å². The lowest BCUT2D eigenvalue weighted by Crippen LogP contribution is -2.35. The highest BCUT2D eigenvalue weighted by molar-refractivity contribution is 14.1. The van der Waals surface area contributed by atoms with Gasteiger partial charge in [-0.3, -0.25) is 0 Å². The van der Waals surface area contributed by atoms with Gasteiger partial charge >= 0.3 is 0 Å². The maximum Gasteiger partial charge on any atom is 0.150 e. The molecule has 0 N–H and O–H groups in total. The molecule has 0 bridgehead atoms. The molecule has 0 spiro atoms. The molecule has 2 aromatic carbocycles. The molecule has 21 heavy (non-hydrogen) atoms. The molecule has 0 aliphatic carbocycles. The summed E-state index contributed by atoms with van der Waals surface area (Å²) in [5, 5.41) is 1.57. The van der Waals surface area contributed by atoms with Crippen LogP contribution in [0.2, 0.25) is 5.02 Å². The van der Waals surface area contributed by atoms with Crippen LogP contribution >= 0.6 is 45.8 Å². The molecule has 1 heterocycles. The summed E-state index contributed by atoms with van der Waals surface area (Å²) in [4.78, 5) is 0. The van der Waals surface area contributed by atoms with E-state index < -0.39 is 5.60 Å². The van der Waals surface area contributed by atoms with Crippen molar-refractivity contribution in [2.45, 2.75) is 12.0 Å². The van der Waals surface area contributed by atoms with Crippen molar-refractivity contribution in [2.75, 3.05) is 6.61 Å². The largest absolute Gasteiger partial charge is 0.360 e. The Kier molecular flexibility index (Phi) is 4.60. The number of ether oxygens (including phenoxy) is 1. The molecule has 0 amide bonds. The zero-order chi connectivity index (χ0) is 14.9. The van der Waals surface area contributed by atoms with Gasteiger partial charge < -0.3 is 4.74 Å². The first kappa shape index (κ1) is 15.3. The molecule has 3 rings (SSSR count). The highest BCUT2D eigenvalue weighted by Gasteiger charge is 2.42. The molecule has 0 radical (unpaired) electrons. The highest BCUT2D eigenvalue weighted by Crippen LogP contribution is 2.48. The van der Waals surface area contributed by atoms with Crippen molar-refractivity contribution in [3.63, 3.8) is 0 Å². The smallest absolute Gasteiger partial charge is 0.150 e. The van der Waals surface area contributed by atoms with E-state index in [4.69, 9.17) is 27.9 Å². The van der Waals surface area contributed by atoms with E-state index in [0.717, 1.165) is 26.2 Å². The number of hydrogen-bond donors (Lipinski definition) is 0. The van der Waals surface area contributed by atoms with Crippen molar-refractivity contribution < 1.29 is 4.74 Å². The monoisotopic (exact) mass is 430 g/mol. The average molecular weight is 431 g/mol. The molecule has 0 saturated heterocycles. The van der Waals surface area contributed by atoms with Gasteiger partial charge in [-0.05, 0) is 45.9 Å². The second-order valence-corrected chi connectivity index (χ2v) is 6.84. The Hall–Kier alpha value is -0.550. The van der Waals surface area contributed by atoms with Gasteiger partial charge in [0.2, 0.25) is 0 Å². The number of hydrogen-bond acceptors (Lipinski definition) is 1. The molecule has 2 aromatic rings. The fourth-order valence-corrected chi connectivity index (χ4v) is 3.99. The summed E-state index contributed by atoms with van der Waals surface area (Å²) in [5.74, 6) is 0. The Morgan fingerprint density at radius 1 is 0.905 bits per heavy atom. The number of benzene rings is 2. The van der Waals surface area contributed by atoms with E-state index in [-0.39, 0.29) is 0 Å². The van der Waals surface area contributed by atoms with Crippen LogP contribution in [0.4, 0.5) is 0 Å². The zero-order valence-corrected chi connectivity index (χ0v) is 14.8. The summed E-state index contributed by atoms with van der Waals surface area (Å²) < 4.78 is 7.28. The van der Waals surface area contributed by atoms with E-state index in [1.807, 2.05) is 42.5 Å². The quantitative estimate of drug-likeness (QED) is 0.539. The maximum atomic E-state index is 6.45. The van der Waals surface area contributed by atoms with Crippen molar-refractivity contribution in [1.29, 1.82) is 0 Å². The van der Waals surface area contributed by atoms with Crippen LogP contribution in [0.5, 0.6) is 0 Å². The van der Waals surface area contributed by atoms with Crippen molar-refractivity contribution in [2.24, 2.45) is 0 Å². The molecule has 1 aliphatic heterocycles. The van der Waals surface area contributed by atoms with E-state index in [0.29, 0.717) is 11.6 Å². The van der Waals surface area contributed by atoms with E-state index in [1.165, 1.54) is 0 Å². The first-order chi connectivity index (χ1) is 10.1. The molecule has 1 nitrogen and oxygen atoms in total. The SMILES string of the molecule is ClC1=C(I)C(c2ccccc2)(c2ccc(Cl)cc2)OCC1. The maximum absolute atomic E-state index is 6.45. The van der Waals surface area contributed by atoms with Crippen LogP contribution in [0.15, 0.2) is 63.2 Å². The molecule has 1 unspecified atom stereocenters. The van der Waals surface area contributed by atoms with Crippen LogP contribution in [0.1, 0.15) is 17.5 Å². The Bertz CT molecular complexity index is 667. The van der Waals surface area contributed by atoms with Crippen LogP contribution in [0.3, 0.4) is 0 Å². The van der Waals surface area contributed by atoms with Crippen molar-refractivity contribution >= 4 is 45.8 Å². The summed E-state index contributed by atoms with van der Waals surface area (Å²) in [6.07, 6.45) is 0.752. The lowest BCUT2D eigenvalue weighted by atomic mass is 9.84. The molecule has 1 aliphatic rings. The summed E-state index contributed by atoms with van der Waals surface area (Å²) in [7, 11) is 0. The molecule has 108 valence electrons. The third kappa shape index (κ3) is 2.74. The third-order valence-electron chi connectivity index (χ3n) is 3.62. The predicted octanol–water partition coefficient (Wildman–Crippen LogP) is 5.89. The average Bonchev–Trinajstić information content (AvgIpc) is 2.52. The first-order valence-electron chi connectivity index (χ1n) is 6.65. The Balaban J connectivity index is 2.25. The summed E-state index contributed by atoms with van der Waals surface area (Å²) in [6, 6.07) is 18.0. The van der Waals surface area contributed by atoms with Crippen LogP contribution < -0.4 is 0 Å². The van der Waals surface area contributed by atoms with Gasteiger partial charge in [0.1, 0.15) is 5.60 Å². The molecule has 0 fully saturated rings. The summed E-state index contributed by atoms with van der Waals surface area (Å²) in [6.45, 7) is 0.600. The molecule has 1 atom stereocenters. The van der Waals surface area contributed by atoms with Crippen LogP contribution in [0.25, 0.3) is 0 Å². The first-order valence-corrected chi connectivity index (χ1v) is 8.48. The molecule has 0 saturated carbocycles. The van der Waals surface area contributed by atoms with Gasteiger partial charge in [-0.15, -0.1) is 0 Å². The van der Waals surface area contributed by atoms with E-state index in [9.17, 15) is 0 Å². The van der Waals surface area contributed by atoms with Gasteiger partial charge in [-0.1, -0.05) is 65.7 Å². The van der Waals surface area contributed by atoms with Gasteiger partial charge in [-0.25, -0.2) is 0 Å². The number of rotatable bonds is 2. The lowest BCUT2D eigenvalue weighted by molar-refractivity contribution is 0.0104. The molecule has 4 heteroatoms. The number of halogens is 3. The summed E-state index contributed by atoms with van der Waals surface area (Å²) in [5.41, 5.74) is 1.48. The Labute approximate surface area is 148 Å². The van der Waals surface area contributed by atoms with Crippen molar-refractivity contribution in [3.8, 4) is 0 Å². The second kappa shape index (κ2) is 6.29. The van der Waals surface area contributed by atoms with Gasteiger partial charge in [0.05, 0.1) is 6.61 Å². The van der Waals surface area contributed by atoms with Gasteiger partial charge in [0.15, 0.2) is 0 Å². The Morgan fingerprint density at radius 2 is 1.52 bits per heavy atom. The Morgan fingerprint density at radius 3 is 2.19 bits per heavy atom. The fourth-order valence-electron chi connectivity index (χ4n) is 2.60.